The summed E-state index contributed by atoms with van der Waals surface area (Å²) in [5, 5.41) is 10.1. The first kappa shape index (κ1) is 21.6. The molecule has 0 spiro atoms. The van der Waals surface area contributed by atoms with Gasteiger partial charge in [-0.1, -0.05) is 15.9 Å². The normalized spacial score (nSPS) is 17.1. The number of aliphatic imine (C=N–C) groups is 1. The first-order chi connectivity index (χ1) is 11.2. The smallest absolute Gasteiger partial charge is 0.226 e. The molecule has 3 N–H and O–H groups in total. The van der Waals surface area contributed by atoms with Crippen LogP contribution in [0, 0.1) is 0 Å². The van der Waals surface area contributed by atoms with Crippen LogP contribution in [-0.4, -0.2) is 43.0 Å². The lowest BCUT2D eigenvalue weighted by Crippen LogP contribution is -2.41. The Labute approximate surface area is 173 Å². The molecule has 8 heteroatoms. The van der Waals surface area contributed by atoms with Gasteiger partial charge >= 0.3 is 0 Å². The van der Waals surface area contributed by atoms with E-state index in [1.54, 1.807) is 7.05 Å². The molecule has 1 amide bonds. The molecule has 0 radical (unpaired) electrons. The van der Waals surface area contributed by atoms with Gasteiger partial charge in [-0.25, -0.2) is 0 Å². The SMILES string of the molecule is CN=C(NCCC(=O)Nc1ccc(Br)cc1)NCC1CCCS1.I. The number of nitrogens with one attached hydrogen (secondary N) is 3. The number of thioether (sulfide) groups is 1. The summed E-state index contributed by atoms with van der Waals surface area (Å²) in [5.74, 6) is 2.00. The van der Waals surface area contributed by atoms with Crippen LogP contribution < -0.4 is 16.0 Å². The van der Waals surface area contributed by atoms with E-state index in [0.29, 0.717) is 18.2 Å². The van der Waals surface area contributed by atoms with Gasteiger partial charge in [0.25, 0.3) is 0 Å². The zero-order valence-corrected chi connectivity index (χ0v) is 18.4. The van der Waals surface area contributed by atoms with Gasteiger partial charge in [0.05, 0.1) is 0 Å². The van der Waals surface area contributed by atoms with Crippen LogP contribution in [0.5, 0.6) is 0 Å². The molecule has 1 saturated heterocycles. The maximum absolute atomic E-state index is 11.9. The van der Waals surface area contributed by atoms with E-state index < -0.39 is 0 Å². The summed E-state index contributed by atoms with van der Waals surface area (Å²) in [4.78, 5) is 16.1. The maximum Gasteiger partial charge on any atom is 0.226 e. The van der Waals surface area contributed by atoms with Crippen molar-refractivity contribution >= 4 is 69.2 Å². The van der Waals surface area contributed by atoms with Crippen molar-refractivity contribution in [3.05, 3.63) is 28.7 Å². The molecule has 1 fully saturated rings. The fraction of sp³-hybridized carbons (Fsp3) is 0.500. The minimum absolute atomic E-state index is 0. The van der Waals surface area contributed by atoms with E-state index in [9.17, 15) is 4.79 Å². The topological polar surface area (TPSA) is 65.5 Å². The molecule has 2 rings (SSSR count). The van der Waals surface area contributed by atoms with Crippen molar-refractivity contribution in [3.8, 4) is 0 Å². The van der Waals surface area contributed by atoms with Crippen molar-refractivity contribution in [1.82, 2.24) is 10.6 Å². The van der Waals surface area contributed by atoms with Gasteiger partial charge < -0.3 is 16.0 Å². The molecular weight excluding hydrogens is 503 g/mol. The average Bonchev–Trinajstić information content (AvgIpc) is 3.06. The number of amides is 1. The molecule has 1 unspecified atom stereocenters. The lowest BCUT2D eigenvalue weighted by atomic mass is 10.2. The van der Waals surface area contributed by atoms with E-state index in [0.717, 1.165) is 22.7 Å². The minimum Gasteiger partial charge on any atom is -0.356 e. The molecule has 1 aromatic carbocycles. The van der Waals surface area contributed by atoms with Crippen LogP contribution in [0.25, 0.3) is 0 Å². The lowest BCUT2D eigenvalue weighted by Gasteiger charge is -2.14. The Bertz CT molecular complexity index is 535. The first-order valence-corrected chi connectivity index (χ1v) is 9.63. The third-order valence-corrected chi connectivity index (χ3v) is 5.44. The number of hydrogen-bond acceptors (Lipinski definition) is 3. The molecule has 1 aliphatic heterocycles. The van der Waals surface area contributed by atoms with Crippen molar-refractivity contribution in [2.45, 2.75) is 24.5 Å². The summed E-state index contributed by atoms with van der Waals surface area (Å²) in [6.07, 6.45) is 2.97. The predicted molar refractivity (Wildman–Crippen MR) is 118 cm³/mol. The zero-order chi connectivity index (χ0) is 16.5. The molecule has 0 aromatic heterocycles. The van der Waals surface area contributed by atoms with E-state index in [1.165, 1.54) is 18.6 Å². The summed E-state index contributed by atoms with van der Waals surface area (Å²) in [5.41, 5.74) is 0.805. The van der Waals surface area contributed by atoms with Gasteiger partial charge in [0, 0.05) is 42.0 Å². The Morgan fingerprint density at radius 1 is 1.33 bits per heavy atom. The summed E-state index contributed by atoms with van der Waals surface area (Å²) in [6, 6.07) is 7.55. The molecule has 134 valence electrons. The van der Waals surface area contributed by atoms with Gasteiger partial charge in [0.15, 0.2) is 5.96 Å². The van der Waals surface area contributed by atoms with Crippen molar-refractivity contribution < 1.29 is 4.79 Å². The molecule has 0 bridgehead atoms. The Morgan fingerprint density at radius 3 is 2.71 bits per heavy atom. The van der Waals surface area contributed by atoms with Crippen LogP contribution in [0.4, 0.5) is 5.69 Å². The van der Waals surface area contributed by atoms with Crippen molar-refractivity contribution in [1.29, 1.82) is 0 Å². The van der Waals surface area contributed by atoms with Crippen LogP contribution >= 0.6 is 51.7 Å². The second-order valence-electron chi connectivity index (χ2n) is 5.32. The Balaban J connectivity index is 0.00000288. The predicted octanol–water partition coefficient (Wildman–Crippen LogP) is 3.46. The second kappa shape index (κ2) is 12.0. The number of carbonyl (C=O) groups excluding carboxylic acids is 1. The largest absolute Gasteiger partial charge is 0.356 e. The lowest BCUT2D eigenvalue weighted by molar-refractivity contribution is -0.116. The number of benzene rings is 1. The number of anilines is 1. The molecule has 0 saturated carbocycles. The average molecular weight is 527 g/mol. The molecule has 1 atom stereocenters. The molecule has 1 aromatic rings. The molecule has 1 heterocycles. The van der Waals surface area contributed by atoms with Gasteiger partial charge in [-0.3, -0.25) is 9.79 Å². The van der Waals surface area contributed by atoms with Gasteiger partial charge in [-0.2, -0.15) is 11.8 Å². The number of halogens is 2. The van der Waals surface area contributed by atoms with E-state index in [4.69, 9.17) is 0 Å². The highest BCUT2D eigenvalue weighted by atomic mass is 127. The van der Waals surface area contributed by atoms with E-state index in [-0.39, 0.29) is 29.9 Å². The Hall–Kier alpha value is -0.480. The highest BCUT2D eigenvalue weighted by molar-refractivity contribution is 14.0. The molecule has 0 aliphatic carbocycles. The van der Waals surface area contributed by atoms with Gasteiger partial charge in [0.2, 0.25) is 5.91 Å². The van der Waals surface area contributed by atoms with Crippen LogP contribution in [0.15, 0.2) is 33.7 Å². The van der Waals surface area contributed by atoms with Gasteiger partial charge in [-0.15, -0.1) is 24.0 Å². The van der Waals surface area contributed by atoms with Crippen LogP contribution in [0.3, 0.4) is 0 Å². The van der Waals surface area contributed by atoms with Crippen LogP contribution in [0.1, 0.15) is 19.3 Å². The summed E-state index contributed by atoms with van der Waals surface area (Å²) < 4.78 is 0.993. The summed E-state index contributed by atoms with van der Waals surface area (Å²) in [6.45, 7) is 1.48. The quantitative estimate of drug-likeness (QED) is 0.302. The van der Waals surface area contributed by atoms with Crippen LogP contribution in [0.2, 0.25) is 0 Å². The molecule has 5 nitrogen and oxygen atoms in total. The highest BCUT2D eigenvalue weighted by Gasteiger charge is 2.15. The molecular formula is C16H24BrIN4OS. The van der Waals surface area contributed by atoms with Gasteiger partial charge in [0.1, 0.15) is 0 Å². The fourth-order valence-corrected chi connectivity index (χ4v) is 3.75. The number of rotatable bonds is 6. The summed E-state index contributed by atoms with van der Waals surface area (Å²) >= 11 is 5.39. The Kier molecular flexibility index (Phi) is 10.8. The number of guanidine groups is 1. The third kappa shape index (κ3) is 8.06. The molecule has 1 aliphatic rings. The molecule has 24 heavy (non-hydrogen) atoms. The van der Waals surface area contributed by atoms with E-state index >= 15 is 0 Å². The number of nitrogens with zero attached hydrogens (tertiary/aromatic N) is 1. The second-order valence-corrected chi connectivity index (χ2v) is 7.64. The Morgan fingerprint density at radius 2 is 2.08 bits per heavy atom. The van der Waals surface area contributed by atoms with Crippen LogP contribution in [-0.2, 0) is 4.79 Å². The first-order valence-electron chi connectivity index (χ1n) is 7.79. The highest BCUT2D eigenvalue weighted by Crippen LogP contribution is 2.25. The van der Waals surface area contributed by atoms with Crippen molar-refractivity contribution in [3.63, 3.8) is 0 Å². The summed E-state index contributed by atoms with van der Waals surface area (Å²) in [7, 11) is 1.75. The zero-order valence-electron chi connectivity index (χ0n) is 13.7. The monoisotopic (exact) mass is 526 g/mol. The van der Waals surface area contributed by atoms with Gasteiger partial charge in [-0.05, 0) is 42.9 Å². The fourth-order valence-electron chi connectivity index (χ4n) is 2.29. The van der Waals surface area contributed by atoms with E-state index in [2.05, 4.69) is 36.9 Å². The maximum atomic E-state index is 11.9. The number of carbonyl (C=O) groups is 1. The number of hydrogen-bond donors (Lipinski definition) is 3. The minimum atomic E-state index is -0.0124. The standard InChI is InChI=1S/C16H23BrN4OS.HI/c1-18-16(20-11-14-3-2-10-23-14)19-9-8-15(22)21-13-6-4-12(17)5-7-13;/h4-7,14H,2-3,8-11H2,1H3,(H,21,22)(H2,18,19,20);1H. The van der Waals surface area contributed by atoms with Crippen molar-refractivity contribution in [2.24, 2.45) is 4.99 Å². The van der Waals surface area contributed by atoms with Crippen molar-refractivity contribution in [2.75, 3.05) is 31.2 Å². The third-order valence-electron chi connectivity index (χ3n) is 3.52. The van der Waals surface area contributed by atoms with E-state index in [1.807, 2.05) is 36.0 Å².